The Morgan fingerprint density at radius 3 is 2.11 bits per heavy atom. The quantitative estimate of drug-likeness (QED) is 0.783. The van der Waals surface area contributed by atoms with Gasteiger partial charge in [0.05, 0.1) is 7.11 Å². The summed E-state index contributed by atoms with van der Waals surface area (Å²) in [5.74, 6) is 0.230. The zero-order chi connectivity index (χ0) is 20.5. The molecule has 3 rings (SSSR count). The minimum Gasteiger partial charge on any atom is -0.493 e. The molecule has 0 saturated heterocycles. The molecule has 1 aliphatic rings. The van der Waals surface area contributed by atoms with Gasteiger partial charge in [0.15, 0.2) is 5.75 Å². The zero-order valence-corrected chi connectivity index (χ0v) is 17.2. The molecule has 0 bridgehead atoms. The van der Waals surface area contributed by atoms with Gasteiger partial charge in [0.25, 0.3) is 0 Å². The van der Waals surface area contributed by atoms with Crippen molar-refractivity contribution in [2.75, 3.05) is 17.7 Å². The molecule has 2 aromatic carbocycles. The molecule has 0 radical (unpaired) electrons. The Morgan fingerprint density at radius 2 is 1.43 bits per heavy atom. The Balaban J connectivity index is 1.80. The second-order valence-corrected chi connectivity index (χ2v) is 8.66. The van der Waals surface area contributed by atoms with Gasteiger partial charge in [-0.2, -0.15) is 0 Å². The molecule has 2 N–H and O–H groups in total. The number of ether oxygens (including phenoxy) is 1. The summed E-state index contributed by atoms with van der Waals surface area (Å²) in [7, 11) is 1.44. The van der Waals surface area contributed by atoms with E-state index in [1.807, 2.05) is 6.07 Å². The molecule has 28 heavy (non-hydrogen) atoms. The van der Waals surface area contributed by atoms with Crippen molar-refractivity contribution in [3.8, 4) is 5.75 Å². The highest BCUT2D eigenvalue weighted by Crippen LogP contribution is 2.46. The molecular weight excluding hydrogens is 352 g/mol. The van der Waals surface area contributed by atoms with Crippen molar-refractivity contribution in [1.29, 1.82) is 0 Å². The average Bonchev–Trinajstić information content (AvgIpc) is 2.80. The maximum atomic E-state index is 12.4. The molecule has 0 atom stereocenters. The number of hydrogen-bond acceptors (Lipinski definition) is 3. The smallest absolute Gasteiger partial charge is 0.323 e. The third kappa shape index (κ3) is 4.03. The average molecular weight is 380 g/mol. The lowest BCUT2D eigenvalue weighted by molar-refractivity contribution is 0.262. The van der Waals surface area contributed by atoms with E-state index in [0.717, 1.165) is 18.5 Å². The zero-order valence-electron chi connectivity index (χ0n) is 17.2. The van der Waals surface area contributed by atoms with Crippen molar-refractivity contribution < 1.29 is 9.53 Å². The third-order valence-corrected chi connectivity index (χ3v) is 5.66. The van der Waals surface area contributed by atoms with Crippen molar-refractivity contribution in [2.45, 2.75) is 51.4 Å². The van der Waals surface area contributed by atoms with Crippen LogP contribution in [0.1, 0.15) is 51.7 Å². The highest BCUT2D eigenvalue weighted by molar-refractivity contribution is 5.99. The van der Waals surface area contributed by atoms with Crippen LogP contribution in [0.25, 0.3) is 0 Å². The standard InChI is InChI=1S/C23H28N2O3/c1-22(2)12-13-23(3,4)18-14-16(6-9-17(18)22)25-21(27)24-15-7-10-19(26)20(28-5)11-8-15/h6-11,14H,12-13H2,1-5H3,(H2,24,25,27). The van der Waals surface area contributed by atoms with Gasteiger partial charge in [-0.1, -0.05) is 33.8 Å². The Hall–Kier alpha value is -2.82. The Bertz CT molecular complexity index is 964. The van der Waals surface area contributed by atoms with E-state index < -0.39 is 0 Å². The van der Waals surface area contributed by atoms with Crippen LogP contribution in [0.5, 0.6) is 5.75 Å². The molecule has 1 aliphatic carbocycles. The van der Waals surface area contributed by atoms with Crippen LogP contribution in [-0.2, 0) is 10.8 Å². The molecule has 5 heteroatoms. The molecule has 0 saturated carbocycles. The lowest BCUT2D eigenvalue weighted by atomic mass is 9.63. The summed E-state index contributed by atoms with van der Waals surface area (Å²) in [6, 6.07) is 11.9. The predicted molar refractivity (Wildman–Crippen MR) is 114 cm³/mol. The van der Waals surface area contributed by atoms with Crippen LogP contribution in [0.4, 0.5) is 16.2 Å². The molecule has 0 aromatic heterocycles. The number of benzene rings is 1. The number of nitrogens with one attached hydrogen (secondary N) is 2. The van der Waals surface area contributed by atoms with E-state index in [0.29, 0.717) is 5.69 Å². The van der Waals surface area contributed by atoms with Crippen molar-refractivity contribution in [1.82, 2.24) is 0 Å². The van der Waals surface area contributed by atoms with Crippen LogP contribution < -0.4 is 20.8 Å². The maximum absolute atomic E-state index is 12.4. The monoisotopic (exact) mass is 380 g/mol. The predicted octanol–water partition coefficient (Wildman–Crippen LogP) is 5.05. The normalized spacial score (nSPS) is 16.6. The second-order valence-electron chi connectivity index (χ2n) is 8.66. The number of urea groups is 1. The molecule has 0 spiro atoms. The van der Waals surface area contributed by atoms with E-state index in [9.17, 15) is 9.59 Å². The van der Waals surface area contributed by atoms with E-state index in [4.69, 9.17) is 4.74 Å². The molecule has 0 fully saturated rings. The first-order valence-electron chi connectivity index (χ1n) is 9.54. The Kier molecular flexibility index (Phi) is 5.20. The van der Waals surface area contributed by atoms with Gasteiger partial charge in [-0.3, -0.25) is 4.79 Å². The van der Waals surface area contributed by atoms with Gasteiger partial charge in [-0.25, -0.2) is 4.79 Å². The summed E-state index contributed by atoms with van der Waals surface area (Å²) in [4.78, 5) is 24.2. The lowest BCUT2D eigenvalue weighted by Gasteiger charge is -2.42. The lowest BCUT2D eigenvalue weighted by Crippen LogP contribution is -2.34. The van der Waals surface area contributed by atoms with Crippen molar-refractivity contribution in [2.24, 2.45) is 0 Å². The molecule has 0 unspecified atom stereocenters. The van der Waals surface area contributed by atoms with Crippen LogP contribution in [0, 0.1) is 0 Å². The number of anilines is 2. The van der Waals surface area contributed by atoms with E-state index in [1.165, 1.54) is 24.3 Å². The number of rotatable bonds is 3. The van der Waals surface area contributed by atoms with Crippen molar-refractivity contribution in [3.63, 3.8) is 0 Å². The third-order valence-electron chi connectivity index (χ3n) is 5.66. The van der Waals surface area contributed by atoms with Gasteiger partial charge in [0.2, 0.25) is 5.43 Å². The molecular formula is C23H28N2O3. The van der Waals surface area contributed by atoms with Gasteiger partial charge in [-0.15, -0.1) is 0 Å². The van der Waals surface area contributed by atoms with Gasteiger partial charge >= 0.3 is 6.03 Å². The van der Waals surface area contributed by atoms with Crippen molar-refractivity contribution >= 4 is 17.4 Å². The fourth-order valence-electron chi connectivity index (χ4n) is 3.76. The van der Waals surface area contributed by atoms with E-state index in [2.05, 4.69) is 50.5 Å². The molecule has 2 aromatic rings. The topological polar surface area (TPSA) is 67.4 Å². The maximum Gasteiger partial charge on any atom is 0.323 e. The van der Waals surface area contributed by atoms with Crippen LogP contribution in [0.15, 0.2) is 47.3 Å². The summed E-state index contributed by atoms with van der Waals surface area (Å²) in [5, 5.41) is 5.66. The molecule has 5 nitrogen and oxygen atoms in total. The first kappa shape index (κ1) is 19.9. The summed E-state index contributed by atoms with van der Waals surface area (Å²) in [6.07, 6.45) is 2.26. The molecule has 0 aliphatic heterocycles. The van der Waals surface area contributed by atoms with E-state index in [1.54, 1.807) is 18.2 Å². The first-order valence-corrected chi connectivity index (χ1v) is 9.54. The second kappa shape index (κ2) is 7.30. The van der Waals surface area contributed by atoms with Crippen LogP contribution >= 0.6 is 0 Å². The molecule has 0 heterocycles. The number of hydrogen-bond donors (Lipinski definition) is 2. The molecule has 2 amide bonds. The number of methoxy groups -OCH3 is 1. The summed E-state index contributed by atoms with van der Waals surface area (Å²) >= 11 is 0. The largest absolute Gasteiger partial charge is 0.493 e. The SMILES string of the molecule is COc1ccc(NC(=O)Nc2ccc3c(c2)C(C)(C)CCC3(C)C)ccc1=O. The minimum atomic E-state index is -0.356. The van der Waals surface area contributed by atoms with E-state index >= 15 is 0 Å². The number of amides is 2. The van der Waals surface area contributed by atoms with E-state index in [-0.39, 0.29) is 28.0 Å². The number of carbonyl (C=O) groups excluding carboxylic acids is 1. The Morgan fingerprint density at radius 1 is 0.857 bits per heavy atom. The first-order chi connectivity index (χ1) is 13.1. The van der Waals surface area contributed by atoms with Crippen LogP contribution in [0.2, 0.25) is 0 Å². The van der Waals surface area contributed by atoms with Gasteiger partial charge in [-0.05, 0) is 71.2 Å². The van der Waals surface area contributed by atoms with Crippen molar-refractivity contribution in [3.05, 3.63) is 63.8 Å². The summed E-state index contributed by atoms with van der Waals surface area (Å²) in [6.45, 7) is 9.05. The van der Waals surface area contributed by atoms with Gasteiger partial charge in [0, 0.05) is 11.4 Å². The Labute approximate surface area is 166 Å². The summed E-state index contributed by atoms with van der Waals surface area (Å²) < 4.78 is 5.01. The highest BCUT2D eigenvalue weighted by atomic mass is 16.5. The number of carbonyl (C=O) groups is 1. The van der Waals surface area contributed by atoms with Crippen LogP contribution in [0.3, 0.4) is 0 Å². The van der Waals surface area contributed by atoms with Gasteiger partial charge < -0.3 is 15.4 Å². The fraction of sp³-hybridized carbons (Fsp3) is 0.391. The summed E-state index contributed by atoms with van der Waals surface area (Å²) in [5.41, 5.74) is 3.87. The van der Waals surface area contributed by atoms with Gasteiger partial charge in [0.1, 0.15) is 0 Å². The highest BCUT2D eigenvalue weighted by Gasteiger charge is 2.36. The number of fused-ring (bicyclic) bond motifs is 1. The van der Waals surface area contributed by atoms with Crippen LogP contribution in [-0.4, -0.2) is 13.1 Å². The minimum absolute atomic E-state index is 0.0767. The fourth-order valence-corrected chi connectivity index (χ4v) is 3.76. The molecule has 148 valence electrons.